The van der Waals surface area contributed by atoms with Crippen molar-refractivity contribution in [2.24, 2.45) is 5.73 Å². The lowest BCUT2D eigenvalue weighted by Crippen LogP contribution is -2.16. The number of rotatable bonds is 2. The second-order valence-electron chi connectivity index (χ2n) is 4.67. The average molecular weight is 259 g/mol. The number of nitrogens with zero attached hydrogens (tertiary/aromatic N) is 2. The van der Waals surface area contributed by atoms with Gasteiger partial charge >= 0.3 is 0 Å². The minimum Gasteiger partial charge on any atom is -0.437 e. The Bertz CT molecular complexity index is 754. The number of carbonyl (C=O) groups is 1. The van der Waals surface area contributed by atoms with Gasteiger partial charge in [0.25, 0.3) is 5.91 Å². The van der Waals surface area contributed by atoms with E-state index >= 15 is 0 Å². The molecule has 1 aromatic heterocycles. The molecule has 96 valence electrons. The zero-order chi connectivity index (χ0) is 13.7. The molecular weight excluding hydrogens is 249 g/mol. The van der Waals surface area contributed by atoms with Crippen LogP contribution in [0.5, 0.6) is 0 Å². The van der Waals surface area contributed by atoms with Crippen LogP contribution in [0.1, 0.15) is 46.1 Å². The van der Waals surface area contributed by atoms with Crippen LogP contribution in [0.4, 0.5) is 4.39 Å². The third kappa shape index (κ3) is 1.58. The summed E-state index contributed by atoms with van der Waals surface area (Å²) < 4.78 is 19.6. The summed E-state index contributed by atoms with van der Waals surface area (Å²) in [6, 6.07) is 1.94. The summed E-state index contributed by atoms with van der Waals surface area (Å²) in [4.78, 5) is 15.5. The summed E-state index contributed by atoms with van der Waals surface area (Å²) in [6.45, 7) is 1.48. The van der Waals surface area contributed by atoms with E-state index in [9.17, 15) is 14.4 Å². The molecule has 2 N–H and O–H groups in total. The molecule has 0 spiro atoms. The van der Waals surface area contributed by atoms with Crippen molar-refractivity contribution in [3.05, 3.63) is 28.4 Å². The van der Waals surface area contributed by atoms with Crippen molar-refractivity contribution < 1.29 is 13.6 Å². The van der Waals surface area contributed by atoms with Crippen LogP contribution in [0.3, 0.4) is 0 Å². The zero-order valence-electron chi connectivity index (χ0n) is 10.2. The highest BCUT2D eigenvalue weighted by atomic mass is 19.1. The number of primary amides is 1. The van der Waals surface area contributed by atoms with Gasteiger partial charge in [-0.15, -0.1) is 0 Å². The summed E-state index contributed by atoms with van der Waals surface area (Å²) in [5.41, 5.74) is 5.22. The van der Waals surface area contributed by atoms with Gasteiger partial charge < -0.3 is 10.2 Å². The molecule has 1 saturated carbocycles. The number of benzene rings is 1. The van der Waals surface area contributed by atoms with Crippen molar-refractivity contribution in [3.63, 3.8) is 0 Å². The smallest absolute Gasteiger partial charge is 0.252 e. The van der Waals surface area contributed by atoms with Gasteiger partial charge in [-0.2, -0.15) is 5.26 Å². The van der Waals surface area contributed by atoms with Crippen molar-refractivity contribution >= 4 is 17.0 Å². The number of oxazole rings is 1. The van der Waals surface area contributed by atoms with Gasteiger partial charge in [0, 0.05) is 5.92 Å². The molecular formula is C13H10FN3O2. The van der Waals surface area contributed by atoms with Crippen molar-refractivity contribution in [3.8, 4) is 6.07 Å². The topological polar surface area (TPSA) is 92.9 Å². The molecule has 0 unspecified atom stereocenters. The summed E-state index contributed by atoms with van der Waals surface area (Å²) in [7, 11) is 0. The van der Waals surface area contributed by atoms with Crippen LogP contribution in [-0.4, -0.2) is 10.9 Å². The molecule has 0 bridgehead atoms. The van der Waals surface area contributed by atoms with Gasteiger partial charge in [0.1, 0.15) is 11.6 Å². The molecule has 5 nitrogen and oxygen atoms in total. The Morgan fingerprint density at radius 1 is 1.58 bits per heavy atom. The lowest BCUT2D eigenvalue weighted by atomic mass is 10.0. The molecule has 1 fully saturated rings. The van der Waals surface area contributed by atoms with E-state index in [4.69, 9.17) is 10.2 Å². The molecule has 3 rings (SSSR count). The lowest BCUT2D eigenvalue weighted by molar-refractivity contribution is 0.0996. The van der Waals surface area contributed by atoms with Crippen LogP contribution in [0.15, 0.2) is 4.42 Å². The molecule has 19 heavy (non-hydrogen) atoms. The highest BCUT2D eigenvalue weighted by Crippen LogP contribution is 2.41. The Balaban J connectivity index is 2.41. The second-order valence-corrected chi connectivity index (χ2v) is 4.67. The first-order valence-corrected chi connectivity index (χ1v) is 5.87. The summed E-state index contributed by atoms with van der Waals surface area (Å²) in [5.74, 6) is -1.14. The first-order valence-electron chi connectivity index (χ1n) is 5.87. The SMILES string of the molecule is Cc1c(C(N)=O)c(F)c2oc(C3CC3)nc2c1C#N. The minimum absolute atomic E-state index is 0.140. The maximum Gasteiger partial charge on any atom is 0.252 e. The van der Waals surface area contributed by atoms with Crippen LogP contribution < -0.4 is 5.73 Å². The van der Waals surface area contributed by atoms with Gasteiger partial charge in [-0.1, -0.05) is 0 Å². The summed E-state index contributed by atoms with van der Waals surface area (Å²) in [6.07, 6.45) is 1.88. The van der Waals surface area contributed by atoms with Gasteiger partial charge in [-0.3, -0.25) is 4.79 Å². The average Bonchev–Trinajstić information content (AvgIpc) is 3.10. The molecule has 1 heterocycles. The Kier molecular flexibility index (Phi) is 2.32. The molecule has 0 saturated heterocycles. The number of fused-ring (bicyclic) bond motifs is 1. The molecule has 0 atom stereocenters. The van der Waals surface area contributed by atoms with Crippen molar-refractivity contribution in [2.45, 2.75) is 25.7 Å². The minimum atomic E-state index is -0.919. The maximum atomic E-state index is 14.3. The van der Waals surface area contributed by atoms with Crippen molar-refractivity contribution in [1.29, 1.82) is 5.26 Å². The van der Waals surface area contributed by atoms with E-state index < -0.39 is 11.7 Å². The van der Waals surface area contributed by atoms with Crippen LogP contribution >= 0.6 is 0 Å². The summed E-state index contributed by atoms with van der Waals surface area (Å²) in [5, 5.41) is 9.17. The van der Waals surface area contributed by atoms with E-state index in [1.165, 1.54) is 6.92 Å². The van der Waals surface area contributed by atoms with Crippen molar-refractivity contribution in [2.75, 3.05) is 0 Å². The number of carbonyl (C=O) groups excluding carboxylic acids is 1. The first kappa shape index (κ1) is 11.7. The normalized spacial score (nSPS) is 14.6. The lowest BCUT2D eigenvalue weighted by Gasteiger charge is -2.05. The van der Waals surface area contributed by atoms with E-state index in [1.807, 2.05) is 6.07 Å². The van der Waals surface area contributed by atoms with Gasteiger partial charge in [0.2, 0.25) is 0 Å². The van der Waals surface area contributed by atoms with E-state index in [1.54, 1.807) is 0 Å². The number of halogens is 1. The standard InChI is InChI=1S/C13H10FN3O2/c1-5-7(4-15)10-11(9(14)8(5)12(16)18)19-13(17-10)6-2-3-6/h6H,2-3H2,1H3,(H2,16,18). The van der Waals surface area contributed by atoms with E-state index in [-0.39, 0.29) is 33.7 Å². The molecule has 2 aromatic rings. The number of hydrogen-bond acceptors (Lipinski definition) is 4. The van der Waals surface area contributed by atoms with Crippen LogP contribution in [0.25, 0.3) is 11.1 Å². The number of nitrogens with two attached hydrogens (primary N) is 1. The fourth-order valence-corrected chi connectivity index (χ4v) is 2.17. The van der Waals surface area contributed by atoms with Gasteiger partial charge in [0.15, 0.2) is 17.3 Å². The quantitative estimate of drug-likeness (QED) is 0.893. The molecule has 1 aliphatic rings. The van der Waals surface area contributed by atoms with E-state index in [2.05, 4.69) is 4.98 Å². The number of amides is 1. The first-order chi connectivity index (χ1) is 9.04. The predicted molar refractivity (Wildman–Crippen MR) is 63.9 cm³/mol. The monoisotopic (exact) mass is 259 g/mol. The van der Waals surface area contributed by atoms with Crippen LogP contribution in [0, 0.1) is 24.1 Å². The number of hydrogen-bond donors (Lipinski definition) is 1. The molecule has 1 aliphatic carbocycles. The fraction of sp³-hybridized carbons (Fsp3) is 0.308. The van der Waals surface area contributed by atoms with Gasteiger partial charge in [-0.25, -0.2) is 9.37 Å². The van der Waals surface area contributed by atoms with E-state index in [0.29, 0.717) is 5.89 Å². The third-order valence-corrected chi connectivity index (χ3v) is 3.33. The highest BCUT2D eigenvalue weighted by Gasteiger charge is 2.32. The maximum absolute atomic E-state index is 14.3. The Labute approximate surface area is 107 Å². The molecule has 1 aromatic carbocycles. The molecule has 0 aliphatic heterocycles. The second kappa shape index (κ2) is 3.79. The number of nitriles is 1. The third-order valence-electron chi connectivity index (χ3n) is 3.33. The van der Waals surface area contributed by atoms with Crippen LogP contribution in [-0.2, 0) is 0 Å². The van der Waals surface area contributed by atoms with Crippen LogP contribution in [0.2, 0.25) is 0 Å². The van der Waals surface area contributed by atoms with Gasteiger partial charge in [-0.05, 0) is 25.3 Å². The zero-order valence-corrected chi connectivity index (χ0v) is 10.2. The Morgan fingerprint density at radius 2 is 2.26 bits per heavy atom. The van der Waals surface area contributed by atoms with Gasteiger partial charge in [0.05, 0.1) is 11.1 Å². The number of aromatic nitrogens is 1. The largest absolute Gasteiger partial charge is 0.437 e. The highest BCUT2D eigenvalue weighted by molar-refractivity contribution is 6.00. The van der Waals surface area contributed by atoms with Crippen molar-refractivity contribution in [1.82, 2.24) is 4.98 Å². The van der Waals surface area contributed by atoms with E-state index in [0.717, 1.165) is 12.8 Å². The Morgan fingerprint density at radius 3 is 2.79 bits per heavy atom. The molecule has 6 heteroatoms. The molecule has 1 amide bonds. The Hall–Kier alpha value is -2.42. The summed E-state index contributed by atoms with van der Waals surface area (Å²) >= 11 is 0. The molecule has 0 radical (unpaired) electrons. The predicted octanol–water partition coefficient (Wildman–Crippen LogP) is 2.12. The fourth-order valence-electron chi connectivity index (χ4n) is 2.17.